The van der Waals surface area contributed by atoms with E-state index in [1.807, 2.05) is 25.4 Å². The van der Waals surface area contributed by atoms with Crippen LogP contribution >= 0.6 is 0 Å². The fraction of sp³-hybridized carbons (Fsp3) is 0.235. The van der Waals surface area contributed by atoms with Gasteiger partial charge in [-0.1, -0.05) is 72.8 Å². The van der Waals surface area contributed by atoms with Gasteiger partial charge in [-0.15, -0.1) is 0 Å². The van der Waals surface area contributed by atoms with Crippen molar-refractivity contribution in [1.82, 2.24) is 4.57 Å². The molecule has 4 heteroatoms. The van der Waals surface area contributed by atoms with Crippen molar-refractivity contribution in [3.63, 3.8) is 0 Å². The highest BCUT2D eigenvalue weighted by Crippen LogP contribution is 2.35. The minimum atomic E-state index is -0.157. The van der Waals surface area contributed by atoms with Crippen LogP contribution in [0.2, 0.25) is 0 Å². The van der Waals surface area contributed by atoms with Crippen molar-refractivity contribution >= 4 is 22.3 Å². The zero-order valence-electron chi connectivity index (χ0n) is 22.6. The molecule has 4 aromatic carbocycles. The molecule has 0 N–H and O–H groups in total. The Morgan fingerprint density at radius 3 is 2.13 bits per heavy atom. The molecule has 194 valence electrons. The van der Waals surface area contributed by atoms with Crippen LogP contribution in [0, 0.1) is 5.82 Å². The molecule has 0 saturated carbocycles. The van der Waals surface area contributed by atoms with E-state index in [0.29, 0.717) is 5.52 Å². The molecule has 0 radical (unpaired) electrons. The molecule has 38 heavy (non-hydrogen) atoms. The Morgan fingerprint density at radius 1 is 0.632 bits per heavy atom. The van der Waals surface area contributed by atoms with Crippen LogP contribution in [-0.4, -0.2) is 31.8 Å². The molecule has 0 unspecified atom stereocenters. The molecule has 2 aliphatic rings. The Balaban J connectivity index is 0.000000119. The van der Waals surface area contributed by atoms with Gasteiger partial charge in [-0.05, 0) is 65.8 Å². The van der Waals surface area contributed by atoms with E-state index >= 15 is 0 Å². The second-order valence-electron chi connectivity index (χ2n) is 10.1. The van der Waals surface area contributed by atoms with Crippen LogP contribution in [-0.2, 0) is 19.9 Å². The SMILES string of the molecule is CN1CCCc2ccccc21.CN1CCc2c(-c3ccccc3)cccc21.Cn1ccc2cccc(F)c21. The summed E-state index contributed by atoms with van der Waals surface area (Å²) in [6, 6.07) is 32.9. The van der Waals surface area contributed by atoms with Crippen LogP contribution in [0.3, 0.4) is 0 Å². The topological polar surface area (TPSA) is 11.4 Å². The molecule has 0 atom stereocenters. The Morgan fingerprint density at radius 2 is 1.34 bits per heavy atom. The van der Waals surface area contributed by atoms with E-state index in [1.54, 1.807) is 10.6 Å². The molecular weight excluding hydrogens is 469 g/mol. The molecule has 0 amide bonds. The van der Waals surface area contributed by atoms with Crippen LogP contribution in [0.1, 0.15) is 17.5 Å². The van der Waals surface area contributed by atoms with E-state index in [9.17, 15) is 4.39 Å². The maximum Gasteiger partial charge on any atom is 0.147 e. The van der Waals surface area contributed by atoms with Gasteiger partial charge in [-0.25, -0.2) is 4.39 Å². The van der Waals surface area contributed by atoms with E-state index in [1.165, 1.54) is 59.1 Å². The first-order valence-electron chi connectivity index (χ1n) is 13.4. The predicted octanol–water partition coefficient (Wildman–Crippen LogP) is 7.73. The number of aryl methyl sites for hydroxylation is 2. The second-order valence-corrected chi connectivity index (χ2v) is 10.1. The second kappa shape index (κ2) is 11.6. The molecule has 3 nitrogen and oxygen atoms in total. The van der Waals surface area contributed by atoms with Gasteiger partial charge in [0.15, 0.2) is 0 Å². The number of hydrogen-bond donors (Lipinski definition) is 0. The van der Waals surface area contributed by atoms with Crippen LogP contribution in [0.5, 0.6) is 0 Å². The summed E-state index contributed by atoms with van der Waals surface area (Å²) in [7, 11) is 6.17. The smallest absolute Gasteiger partial charge is 0.147 e. The van der Waals surface area contributed by atoms with E-state index in [4.69, 9.17) is 0 Å². The molecule has 0 saturated heterocycles. The maximum absolute atomic E-state index is 13.1. The normalized spacial score (nSPS) is 13.7. The summed E-state index contributed by atoms with van der Waals surface area (Å²) < 4.78 is 14.8. The zero-order chi connectivity index (χ0) is 26.5. The minimum absolute atomic E-state index is 0.157. The fourth-order valence-electron chi connectivity index (χ4n) is 5.51. The van der Waals surface area contributed by atoms with Crippen LogP contribution in [0.15, 0.2) is 103 Å². The van der Waals surface area contributed by atoms with Crippen LogP contribution < -0.4 is 9.80 Å². The summed E-state index contributed by atoms with van der Waals surface area (Å²) in [5.41, 5.74) is 9.20. The quantitative estimate of drug-likeness (QED) is 0.231. The third-order valence-electron chi connectivity index (χ3n) is 7.54. The van der Waals surface area contributed by atoms with Gasteiger partial charge in [-0.3, -0.25) is 0 Å². The number of para-hydroxylation sites is 2. The summed E-state index contributed by atoms with van der Waals surface area (Å²) in [5, 5.41) is 0.951. The van der Waals surface area contributed by atoms with Gasteiger partial charge < -0.3 is 14.4 Å². The third kappa shape index (κ3) is 5.45. The number of anilines is 2. The summed E-state index contributed by atoms with van der Waals surface area (Å²) in [6.45, 7) is 2.34. The Kier molecular flexibility index (Phi) is 7.78. The molecule has 5 aromatic rings. The number of rotatable bonds is 1. The number of likely N-dealkylation sites (N-methyl/N-ethyl adjacent to an activating group) is 1. The first kappa shape index (κ1) is 25.6. The molecule has 1 aromatic heterocycles. The number of hydrogen-bond acceptors (Lipinski definition) is 2. The number of fused-ring (bicyclic) bond motifs is 3. The molecule has 0 spiro atoms. The van der Waals surface area contributed by atoms with E-state index in [2.05, 4.69) is 96.7 Å². The largest absolute Gasteiger partial charge is 0.374 e. The average Bonchev–Trinajstić information content (AvgIpc) is 3.53. The summed E-state index contributed by atoms with van der Waals surface area (Å²) in [4.78, 5) is 4.67. The zero-order valence-corrected chi connectivity index (χ0v) is 22.6. The van der Waals surface area contributed by atoms with Gasteiger partial charge in [0, 0.05) is 57.2 Å². The lowest BCUT2D eigenvalue weighted by molar-refractivity contribution is 0.632. The van der Waals surface area contributed by atoms with E-state index < -0.39 is 0 Å². The van der Waals surface area contributed by atoms with Crippen LogP contribution in [0.4, 0.5) is 15.8 Å². The van der Waals surface area contributed by atoms with Crippen molar-refractivity contribution in [2.75, 3.05) is 37.0 Å². The van der Waals surface area contributed by atoms with Crippen molar-refractivity contribution in [2.45, 2.75) is 19.3 Å². The summed E-state index contributed by atoms with van der Waals surface area (Å²) in [5.74, 6) is -0.157. The number of halogens is 1. The first-order chi connectivity index (χ1) is 18.5. The third-order valence-corrected chi connectivity index (χ3v) is 7.54. The molecule has 2 aliphatic heterocycles. The van der Waals surface area contributed by atoms with Gasteiger partial charge in [0.25, 0.3) is 0 Å². The summed E-state index contributed by atoms with van der Waals surface area (Å²) >= 11 is 0. The Hall–Kier alpha value is -4.05. The standard InChI is InChI=1S/C15H15N.C10H13N.C9H8FN/c1-16-11-10-14-13(8-5-9-15(14)16)12-6-3-2-4-7-12;1-11-8-4-6-9-5-2-3-7-10(9)11;1-11-6-5-7-3-2-4-8(10)9(7)11/h2-9H,10-11H2,1H3;2-3,5,7H,4,6,8H2,1H3;2-6H,1H3. The molecular formula is C34H36FN3. The molecule has 7 rings (SSSR count). The summed E-state index contributed by atoms with van der Waals surface area (Å²) in [6.07, 6.45) is 5.57. The molecule has 3 heterocycles. The molecule has 0 fully saturated rings. The number of nitrogens with zero attached hydrogens (tertiary/aromatic N) is 3. The Labute approximate surface area is 225 Å². The lowest BCUT2D eigenvalue weighted by Gasteiger charge is -2.26. The number of benzene rings is 4. The number of aromatic nitrogens is 1. The van der Waals surface area contributed by atoms with Gasteiger partial charge in [0.1, 0.15) is 5.82 Å². The molecule has 0 bridgehead atoms. The highest BCUT2D eigenvalue weighted by atomic mass is 19.1. The fourth-order valence-corrected chi connectivity index (χ4v) is 5.51. The van der Waals surface area contributed by atoms with Gasteiger partial charge in [0.05, 0.1) is 5.52 Å². The van der Waals surface area contributed by atoms with E-state index in [0.717, 1.165) is 18.4 Å². The van der Waals surface area contributed by atoms with Crippen molar-refractivity contribution in [2.24, 2.45) is 7.05 Å². The van der Waals surface area contributed by atoms with E-state index in [-0.39, 0.29) is 5.82 Å². The van der Waals surface area contributed by atoms with Crippen molar-refractivity contribution < 1.29 is 4.39 Å². The Bertz CT molecular complexity index is 1510. The highest BCUT2D eigenvalue weighted by molar-refractivity contribution is 5.80. The van der Waals surface area contributed by atoms with Gasteiger partial charge in [-0.2, -0.15) is 0 Å². The molecule has 0 aliphatic carbocycles. The predicted molar refractivity (Wildman–Crippen MR) is 160 cm³/mol. The van der Waals surface area contributed by atoms with Crippen molar-refractivity contribution in [3.8, 4) is 11.1 Å². The highest BCUT2D eigenvalue weighted by Gasteiger charge is 2.18. The first-order valence-corrected chi connectivity index (χ1v) is 13.4. The lowest BCUT2D eigenvalue weighted by atomic mass is 9.98. The van der Waals surface area contributed by atoms with Crippen molar-refractivity contribution in [3.05, 3.63) is 120 Å². The maximum atomic E-state index is 13.1. The van der Waals surface area contributed by atoms with Gasteiger partial charge in [0.2, 0.25) is 0 Å². The lowest BCUT2D eigenvalue weighted by Crippen LogP contribution is -2.24. The van der Waals surface area contributed by atoms with Crippen molar-refractivity contribution in [1.29, 1.82) is 0 Å². The minimum Gasteiger partial charge on any atom is -0.374 e. The monoisotopic (exact) mass is 505 g/mol. The van der Waals surface area contributed by atoms with Gasteiger partial charge >= 0.3 is 0 Å². The average molecular weight is 506 g/mol. The van der Waals surface area contributed by atoms with Crippen LogP contribution in [0.25, 0.3) is 22.0 Å².